The predicted molar refractivity (Wildman–Crippen MR) is 109 cm³/mol. The molecule has 0 spiro atoms. The molecule has 29 heavy (non-hydrogen) atoms. The summed E-state index contributed by atoms with van der Waals surface area (Å²) in [6.45, 7) is 0. The van der Waals surface area contributed by atoms with Gasteiger partial charge in [0.2, 0.25) is 0 Å². The summed E-state index contributed by atoms with van der Waals surface area (Å²) in [5.74, 6) is -0.0766. The lowest BCUT2D eigenvalue weighted by molar-refractivity contribution is -0.132. The third-order valence-corrected chi connectivity index (χ3v) is 5.47. The minimum absolute atomic E-state index is 0.0766. The van der Waals surface area contributed by atoms with Gasteiger partial charge in [-0.25, -0.2) is 9.97 Å². The molecule has 1 saturated carbocycles. The second kappa shape index (κ2) is 8.96. The summed E-state index contributed by atoms with van der Waals surface area (Å²) < 4.78 is 7.46. The van der Waals surface area contributed by atoms with Crippen molar-refractivity contribution in [3.8, 4) is 11.3 Å². The molecule has 1 fully saturated rings. The van der Waals surface area contributed by atoms with E-state index in [1.807, 2.05) is 53.5 Å². The number of methoxy groups -OCH3 is 1. The summed E-state index contributed by atoms with van der Waals surface area (Å²) >= 11 is 0. The second-order valence-corrected chi connectivity index (χ2v) is 7.34. The average molecular weight is 391 g/mol. The molecule has 7 heteroatoms. The Hall–Kier alpha value is -3.06. The quantitative estimate of drug-likeness (QED) is 0.697. The lowest BCUT2D eigenvalue weighted by atomic mass is 9.91. The standard InChI is InChI=1S/C22H25N5O2/c1-29-21(16-5-3-2-4-6-16)22(28)26-18-7-9-19(10-8-18)27-14-17(13-25-27)20-11-12-23-15-24-20/h2-6,11-15,18-19,21H,7-10H2,1H3,(H,26,28). The normalized spacial score (nSPS) is 20.2. The van der Waals surface area contributed by atoms with Crippen LogP contribution in [0.3, 0.4) is 0 Å². The molecule has 1 aromatic carbocycles. The van der Waals surface area contributed by atoms with Crippen molar-refractivity contribution in [3.63, 3.8) is 0 Å². The van der Waals surface area contributed by atoms with Crippen LogP contribution < -0.4 is 5.32 Å². The van der Waals surface area contributed by atoms with Crippen molar-refractivity contribution in [3.05, 3.63) is 66.9 Å². The Morgan fingerprint density at radius 1 is 1.17 bits per heavy atom. The van der Waals surface area contributed by atoms with Crippen molar-refractivity contribution in [2.75, 3.05) is 7.11 Å². The Bertz CT molecular complexity index is 921. The van der Waals surface area contributed by atoms with Gasteiger partial charge in [0.15, 0.2) is 6.10 Å². The number of aromatic nitrogens is 4. The monoisotopic (exact) mass is 391 g/mol. The van der Waals surface area contributed by atoms with E-state index in [0.29, 0.717) is 6.04 Å². The topological polar surface area (TPSA) is 81.9 Å². The van der Waals surface area contributed by atoms with Gasteiger partial charge < -0.3 is 10.1 Å². The van der Waals surface area contributed by atoms with Crippen molar-refractivity contribution in [1.29, 1.82) is 0 Å². The van der Waals surface area contributed by atoms with E-state index in [4.69, 9.17) is 4.74 Å². The fourth-order valence-corrected chi connectivity index (χ4v) is 3.92. The first-order valence-corrected chi connectivity index (χ1v) is 9.93. The summed E-state index contributed by atoms with van der Waals surface area (Å²) in [4.78, 5) is 20.9. The molecular formula is C22H25N5O2. The number of amides is 1. The number of nitrogens with one attached hydrogen (secondary N) is 1. The lowest BCUT2D eigenvalue weighted by Gasteiger charge is -2.30. The maximum Gasteiger partial charge on any atom is 0.253 e. The number of rotatable bonds is 6. The Morgan fingerprint density at radius 2 is 1.97 bits per heavy atom. The van der Waals surface area contributed by atoms with Gasteiger partial charge in [0, 0.05) is 31.1 Å². The first kappa shape index (κ1) is 19.3. The van der Waals surface area contributed by atoms with Gasteiger partial charge in [-0.05, 0) is 37.3 Å². The highest BCUT2D eigenvalue weighted by molar-refractivity contribution is 5.82. The first-order valence-electron chi connectivity index (χ1n) is 9.93. The number of carbonyl (C=O) groups is 1. The number of hydrogen-bond acceptors (Lipinski definition) is 5. The van der Waals surface area contributed by atoms with Crippen molar-refractivity contribution in [2.24, 2.45) is 0 Å². The molecule has 3 aromatic rings. The molecule has 1 aliphatic carbocycles. The molecule has 1 amide bonds. The number of nitrogens with zero attached hydrogens (tertiary/aromatic N) is 4. The smallest absolute Gasteiger partial charge is 0.253 e. The van der Waals surface area contributed by atoms with E-state index in [1.165, 1.54) is 0 Å². The third kappa shape index (κ3) is 4.51. The van der Waals surface area contributed by atoms with E-state index < -0.39 is 6.10 Å². The molecule has 0 aliphatic heterocycles. The van der Waals surface area contributed by atoms with Crippen LogP contribution in [0.25, 0.3) is 11.3 Å². The van der Waals surface area contributed by atoms with Crippen molar-refractivity contribution in [2.45, 2.75) is 43.9 Å². The average Bonchev–Trinajstić information content (AvgIpc) is 3.26. The van der Waals surface area contributed by atoms with Crippen LogP contribution in [0, 0.1) is 0 Å². The molecule has 1 N–H and O–H groups in total. The SMILES string of the molecule is COC(C(=O)NC1CCC(n2cc(-c3ccncn3)cn2)CC1)c1ccccc1. The van der Waals surface area contributed by atoms with Gasteiger partial charge in [0.25, 0.3) is 5.91 Å². The van der Waals surface area contributed by atoms with E-state index >= 15 is 0 Å². The fourth-order valence-electron chi connectivity index (χ4n) is 3.92. The predicted octanol–water partition coefficient (Wildman–Crippen LogP) is 3.33. The maximum atomic E-state index is 12.7. The van der Waals surface area contributed by atoms with Crippen LogP contribution in [-0.4, -0.2) is 38.8 Å². The molecule has 1 atom stereocenters. The van der Waals surface area contributed by atoms with Gasteiger partial charge >= 0.3 is 0 Å². The molecule has 150 valence electrons. The Morgan fingerprint density at radius 3 is 2.66 bits per heavy atom. The van der Waals surface area contributed by atoms with Crippen LogP contribution in [0.1, 0.15) is 43.4 Å². The molecule has 0 saturated heterocycles. The van der Waals surface area contributed by atoms with E-state index in [9.17, 15) is 4.79 Å². The molecule has 7 nitrogen and oxygen atoms in total. The molecule has 2 aromatic heterocycles. The van der Waals surface area contributed by atoms with E-state index in [-0.39, 0.29) is 11.9 Å². The van der Waals surface area contributed by atoms with Crippen LogP contribution >= 0.6 is 0 Å². The highest BCUT2D eigenvalue weighted by Crippen LogP contribution is 2.30. The van der Waals surface area contributed by atoms with Crippen molar-refractivity contribution < 1.29 is 9.53 Å². The molecule has 4 rings (SSSR count). The Labute approximate surface area is 170 Å². The minimum atomic E-state index is -0.574. The lowest BCUT2D eigenvalue weighted by Crippen LogP contribution is -2.41. The van der Waals surface area contributed by atoms with Gasteiger partial charge in [-0.2, -0.15) is 5.10 Å². The van der Waals surface area contributed by atoms with Crippen molar-refractivity contribution in [1.82, 2.24) is 25.1 Å². The van der Waals surface area contributed by atoms with Gasteiger partial charge in [-0.3, -0.25) is 9.48 Å². The van der Waals surface area contributed by atoms with Crippen LogP contribution in [0.2, 0.25) is 0 Å². The summed E-state index contributed by atoms with van der Waals surface area (Å²) in [6, 6.07) is 12.0. The van der Waals surface area contributed by atoms with E-state index in [0.717, 1.165) is 42.5 Å². The number of ether oxygens (including phenoxy) is 1. The highest BCUT2D eigenvalue weighted by atomic mass is 16.5. The molecule has 0 bridgehead atoms. The van der Waals surface area contributed by atoms with E-state index in [1.54, 1.807) is 19.6 Å². The van der Waals surface area contributed by atoms with Crippen LogP contribution in [-0.2, 0) is 9.53 Å². The highest BCUT2D eigenvalue weighted by Gasteiger charge is 2.27. The zero-order chi connectivity index (χ0) is 20.1. The van der Waals surface area contributed by atoms with Gasteiger partial charge in [-0.1, -0.05) is 30.3 Å². The molecular weight excluding hydrogens is 366 g/mol. The van der Waals surface area contributed by atoms with Crippen LogP contribution in [0.4, 0.5) is 0 Å². The zero-order valence-corrected chi connectivity index (χ0v) is 16.4. The van der Waals surface area contributed by atoms with Gasteiger partial charge in [-0.15, -0.1) is 0 Å². The van der Waals surface area contributed by atoms with Crippen LogP contribution in [0.5, 0.6) is 0 Å². The van der Waals surface area contributed by atoms with Crippen molar-refractivity contribution >= 4 is 5.91 Å². The number of benzene rings is 1. The number of hydrogen-bond donors (Lipinski definition) is 1. The minimum Gasteiger partial charge on any atom is -0.367 e. The summed E-state index contributed by atoms with van der Waals surface area (Å²) in [5, 5.41) is 7.69. The largest absolute Gasteiger partial charge is 0.367 e. The fraction of sp³-hybridized carbons (Fsp3) is 0.364. The first-order chi connectivity index (χ1) is 14.2. The second-order valence-electron chi connectivity index (χ2n) is 7.34. The molecule has 2 heterocycles. The molecule has 1 unspecified atom stereocenters. The zero-order valence-electron chi connectivity index (χ0n) is 16.4. The van der Waals surface area contributed by atoms with Crippen LogP contribution in [0.15, 0.2) is 61.3 Å². The van der Waals surface area contributed by atoms with Gasteiger partial charge in [0.1, 0.15) is 6.33 Å². The van der Waals surface area contributed by atoms with E-state index in [2.05, 4.69) is 20.4 Å². The summed E-state index contributed by atoms with van der Waals surface area (Å²) in [6.07, 6.45) is 10.4. The third-order valence-electron chi connectivity index (χ3n) is 5.47. The summed E-state index contributed by atoms with van der Waals surface area (Å²) in [7, 11) is 1.57. The summed E-state index contributed by atoms with van der Waals surface area (Å²) in [5.41, 5.74) is 2.74. The maximum absolute atomic E-state index is 12.7. The number of carbonyl (C=O) groups excluding carboxylic acids is 1. The Kier molecular flexibility index (Phi) is 5.95. The van der Waals surface area contributed by atoms with Gasteiger partial charge in [0.05, 0.1) is 17.9 Å². The Balaban J connectivity index is 1.33. The molecule has 0 radical (unpaired) electrons. The molecule has 1 aliphatic rings.